The Bertz CT molecular complexity index is 633. The maximum atomic E-state index is 13.8. The molecule has 0 aliphatic rings. The number of hydrogen-bond donors (Lipinski definition) is 0. The van der Waals surface area contributed by atoms with E-state index in [9.17, 15) is 9.18 Å². The molecule has 0 spiro atoms. The number of methoxy groups -OCH3 is 2. The van der Waals surface area contributed by atoms with Crippen LogP contribution >= 0.6 is 11.6 Å². The first-order valence-corrected chi connectivity index (χ1v) is 6.15. The lowest BCUT2D eigenvalue weighted by molar-refractivity contribution is 0.103. The van der Waals surface area contributed by atoms with E-state index in [0.29, 0.717) is 11.5 Å². The van der Waals surface area contributed by atoms with E-state index in [-0.39, 0.29) is 16.1 Å². The van der Waals surface area contributed by atoms with Gasteiger partial charge >= 0.3 is 0 Å². The molecule has 0 atom stereocenters. The summed E-state index contributed by atoms with van der Waals surface area (Å²) >= 11 is 5.67. The number of ether oxygens (including phenoxy) is 2. The number of carbonyl (C=O) groups is 1. The molecule has 0 N–H and O–H groups in total. The highest BCUT2D eigenvalue weighted by Gasteiger charge is 2.16. The molecule has 0 radical (unpaired) electrons. The third-order valence-electron chi connectivity index (χ3n) is 2.79. The van der Waals surface area contributed by atoms with Crippen LogP contribution in [0.15, 0.2) is 36.4 Å². The average molecular weight is 295 g/mol. The number of halogens is 2. The predicted molar refractivity (Wildman–Crippen MR) is 74.4 cm³/mol. The molecule has 0 heterocycles. The van der Waals surface area contributed by atoms with E-state index >= 15 is 0 Å². The van der Waals surface area contributed by atoms with Crippen LogP contribution in [0.4, 0.5) is 4.39 Å². The molecule has 0 bridgehead atoms. The standard InChI is InChI=1S/C15H12ClFO3/c1-19-11-5-9(6-12(8-11)20-2)15(18)13-4-3-10(16)7-14(13)17/h3-8H,1-2H3. The van der Waals surface area contributed by atoms with E-state index in [2.05, 4.69) is 0 Å². The fraction of sp³-hybridized carbons (Fsp3) is 0.133. The highest BCUT2D eigenvalue weighted by molar-refractivity contribution is 6.30. The summed E-state index contributed by atoms with van der Waals surface area (Å²) in [6.07, 6.45) is 0. The minimum Gasteiger partial charge on any atom is -0.497 e. The quantitative estimate of drug-likeness (QED) is 0.806. The van der Waals surface area contributed by atoms with Gasteiger partial charge in [0.15, 0.2) is 5.78 Å². The highest BCUT2D eigenvalue weighted by atomic mass is 35.5. The van der Waals surface area contributed by atoms with Crippen LogP contribution in [0.25, 0.3) is 0 Å². The summed E-state index contributed by atoms with van der Waals surface area (Å²) in [5.74, 6) is -0.204. The predicted octanol–water partition coefficient (Wildman–Crippen LogP) is 3.73. The number of benzene rings is 2. The number of carbonyl (C=O) groups excluding carboxylic acids is 1. The molecule has 3 nitrogen and oxygen atoms in total. The summed E-state index contributed by atoms with van der Waals surface area (Å²) < 4.78 is 24.0. The summed E-state index contributed by atoms with van der Waals surface area (Å²) in [7, 11) is 2.96. The highest BCUT2D eigenvalue weighted by Crippen LogP contribution is 2.25. The fourth-order valence-electron chi connectivity index (χ4n) is 1.77. The maximum absolute atomic E-state index is 13.8. The van der Waals surface area contributed by atoms with Gasteiger partial charge in [0.1, 0.15) is 17.3 Å². The van der Waals surface area contributed by atoms with E-state index < -0.39 is 11.6 Å². The Morgan fingerprint density at radius 3 is 2.15 bits per heavy atom. The Balaban J connectivity index is 2.47. The SMILES string of the molecule is COc1cc(OC)cc(C(=O)c2ccc(Cl)cc2F)c1. The van der Waals surface area contributed by atoms with Crippen LogP contribution in [0, 0.1) is 5.82 Å². The van der Waals surface area contributed by atoms with Gasteiger partial charge in [0.05, 0.1) is 19.8 Å². The zero-order valence-electron chi connectivity index (χ0n) is 10.9. The van der Waals surface area contributed by atoms with Gasteiger partial charge in [-0.05, 0) is 30.3 Å². The smallest absolute Gasteiger partial charge is 0.196 e. The first-order valence-electron chi connectivity index (χ1n) is 5.78. The Kier molecular flexibility index (Phi) is 4.25. The average Bonchev–Trinajstić information content (AvgIpc) is 2.46. The van der Waals surface area contributed by atoms with Gasteiger partial charge in [-0.15, -0.1) is 0 Å². The molecule has 2 rings (SSSR count). The second kappa shape index (κ2) is 5.92. The van der Waals surface area contributed by atoms with Crippen LogP contribution in [0.5, 0.6) is 11.5 Å². The number of rotatable bonds is 4. The monoisotopic (exact) mass is 294 g/mol. The molecule has 0 aromatic heterocycles. The van der Waals surface area contributed by atoms with Crippen LogP contribution in [-0.2, 0) is 0 Å². The van der Waals surface area contributed by atoms with Gasteiger partial charge in [0.25, 0.3) is 0 Å². The fourth-order valence-corrected chi connectivity index (χ4v) is 1.93. The van der Waals surface area contributed by atoms with E-state index in [1.165, 1.54) is 38.5 Å². The van der Waals surface area contributed by atoms with E-state index in [1.807, 2.05) is 0 Å². The molecular formula is C15H12ClFO3. The largest absolute Gasteiger partial charge is 0.497 e. The lowest BCUT2D eigenvalue weighted by Gasteiger charge is -2.08. The Labute approximate surface area is 120 Å². The molecule has 5 heteroatoms. The Morgan fingerprint density at radius 1 is 1.05 bits per heavy atom. The van der Waals surface area contributed by atoms with Gasteiger partial charge in [-0.2, -0.15) is 0 Å². The first-order chi connectivity index (χ1) is 9.55. The van der Waals surface area contributed by atoms with Crippen molar-refractivity contribution in [1.82, 2.24) is 0 Å². The van der Waals surface area contributed by atoms with E-state index in [4.69, 9.17) is 21.1 Å². The van der Waals surface area contributed by atoms with Crippen molar-refractivity contribution < 1.29 is 18.7 Å². The van der Waals surface area contributed by atoms with E-state index in [1.54, 1.807) is 6.07 Å². The number of ketones is 1. The maximum Gasteiger partial charge on any atom is 0.196 e. The van der Waals surface area contributed by atoms with Crippen LogP contribution < -0.4 is 9.47 Å². The van der Waals surface area contributed by atoms with Crippen LogP contribution in [0.2, 0.25) is 5.02 Å². The third kappa shape index (κ3) is 2.91. The van der Waals surface area contributed by atoms with Crippen molar-refractivity contribution in [3.8, 4) is 11.5 Å². The van der Waals surface area contributed by atoms with Gasteiger partial charge in [0, 0.05) is 16.7 Å². The van der Waals surface area contributed by atoms with Gasteiger partial charge in [-0.25, -0.2) is 4.39 Å². The Morgan fingerprint density at radius 2 is 1.65 bits per heavy atom. The number of hydrogen-bond acceptors (Lipinski definition) is 3. The zero-order valence-corrected chi connectivity index (χ0v) is 11.7. The zero-order chi connectivity index (χ0) is 14.7. The lowest BCUT2D eigenvalue weighted by atomic mass is 10.0. The molecule has 0 aliphatic carbocycles. The van der Waals surface area contributed by atoms with Crippen molar-refractivity contribution in [2.45, 2.75) is 0 Å². The summed E-state index contributed by atoms with van der Waals surface area (Å²) in [6.45, 7) is 0. The van der Waals surface area contributed by atoms with E-state index in [0.717, 1.165) is 6.07 Å². The van der Waals surface area contributed by atoms with Gasteiger partial charge < -0.3 is 9.47 Å². The summed E-state index contributed by atoms with van der Waals surface area (Å²) in [5, 5.41) is 0.238. The summed E-state index contributed by atoms with van der Waals surface area (Å²) in [5.41, 5.74) is 0.229. The topological polar surface area (TPSA) is 35.5 Å². The summed E-state index contributed by atoms with van der Waals surface area (Å²) in [4.78, 5) is 12.3. The van der Waals surface area contributed by atoms with Crippen molar-refractivity contribution in [1.29, 1.82) is 0 Å². The van der Waals surface area contributed by atoms with Crippen LogP contribution in [0.3, 0.4) is 0 Å². The molecule has 2 aromatic carbocycles. The molecule has 104 valence electrons. The van der Waals surface area contributed by atoms with Gasteiger partial charge in [-0.3, -0.25) is 4.79 Å². The molecule has 0 saturated heterocycles. The molecule has 0 unspecified atom stereocenters. The van der Waals surface area contributed by atoms with Crippen molar-refractivity contribution in [2.24, 2.45) is 0 Å². The van der Waals surface area contributed by atoms with Crippen molar-refractivity contribution >= 4 is 17.4 Å². The normalized spacial score (nSPS) is 10.2. The molecule has 2 aromatic rings. The molecule has 0 amide bonds. The minimum absolute atomic E-state index is 0.0512. The van der Waals surface area contributed by atoms with Crippen molar-refractivity contribution in [3.63, 3.8) is 0 Å². The summed E-state index contributed by atoms with van der Waals surface area (Å²) in [6, 6.07) is 8.61. The molecule has 0 aliphatic heterocycles. The molecule has 0 saturated carbocycles. The second-order valence-electron chi connectivity index (χ2n) is 4.05. The van der Waals surface area contributed by atoms with Gasteiger partial charge in [-0.1, -0.05) is 11.6 Å². The van der Waals surface area contributed by atoms with Crippen LogP contribution in [-0.4, -0.2) is 20.0 Å². The van der Waals surface area contributed by atoms with Crippen LogP contribution in [0.1, 0.15) is 15.9 Å². The first kappa shape index (κ1) is 14.3. The van der Waals surface area contributed by atoms with Crippen molar-refractivity contribution in [2.75, 3.05) is 14.2 Å². The molecule has 0 fully saturated rings. The molecular weight excluding hydrogens is 283 g/mol. The molecule has 20 heavy (non-hydrogen) atoms. The second-order valence-corrected chi connectivity index (χ2v) is 4.49. The third-order valence-corrected chi connectivity index (χ3v) is 3.02. The minimum atomic E-state index is -0.663. The Hall–Kier alpha value is -2.07. The lowest BCUT2D eigenvalue weighted by Crippen LogP contribution is -2.05. The van der Waals surface area contributed by atoms with Gasteiger partial charge in [0.2, 0.25) is 0 Å². The van der Waals surface area contributed by atoms with Crippen molar-refractivity contribution in [3.05, 3.63) is 58.4 Å².